The molecule has 88 heavy (non-hydrogen) atoms. The molecule has 7 amide bonds. The Morgan fingerprint density at radius 2 is 1.51 bits per heavy atom. The van der Waals surface area contributed by atoms with Crippen molar-refractivity contribution in [1.29, 1.82) is 0 Å². The molecular formula is C65H101N11O12. The van der Waals surface area contributed by atoms with Crippen LogP contribution < -0.4 is 43.5 Å². The molecule has 1 saturated heterocycles. The number of amides is 7. The zero-order chi connectivity index (χ0) is 64.6. The van der Waals surface area contributed by atoms with Gasteiger partial charge in [-0.2, -0.15) is 5.48 Å². The number of hydroxylamine groups is 1. The highest BCUT2D eigenvalue weighted by atomic mass is 16.7. The predicted molar refractivity (Wildman–Crippen MR) is 331 cm³/mol. The van der Waals surface area contributed by atoms with E-state index in [1.807, 2.05) is 114 Å². The number of benzene rings is 2. The minimum atomic E-state index is -1.32. The van der Waals surface area contributed by atoms with Gasteiger partial charge in [0.2, 0.25) is 17.7 Å². The summed E-state index contributed by atoms with van der Waals surface area (Å²) >= 11 is 0. The molecule has 6 fully saturated rings. The van der Waals surface area contributed by atoms with Gasteiger partial charge in [-0.05, 0) is 135 Å². The summed E-state index contributed by atoms with van der Waals surface area (Å²) in [5, 5.41) is 37.2. The molecule has 5 aliphatic carbocycles. The predicted octanol–water partition coefficient (Wildman–Crippen LogP) is 4.34. The van der Waals surface area contributed by atoms with E-state index in [9.17, 15) is 29.4 Å². The van der Waals surface area contributed by atoms with E-state index >= 15 is 14.4 Å². The molecule has 0 aromatic heterocycles. The molecule has 2 aromatic carbocycles. The van der Waals surface area contributed by atoms with Gasteiger partial charge in [-0.25, -0.2) is 9.59 Å². The Morgan fingerprint density at radius 1 is 0.852 bits per heavy atom. The second-order valence-corrected chi connectivity index (χ2v) is 27.7. The number of nitrogens with two attached hydrogens (primary N) is 2. The molecule has 488 valence electrons. The van der Waals surface area contributed by atoms with Crippen molar-refractivity contribution in [2.75, 3.05) is 46.7 Å². The highest BCUT2D eigenvalue weighted by Crippen LogP contribution is 2.69. The van der Waals surface area contributed by atoms with Crippen LogP contribution in [0.4, 0.5) is 15.3 Å². The van der Waals surface area contributed by atoms with E-state index in [0.717, 1.165) is 49.7 Å². The summed E-state index contributed by atoms with van der Waals surface area (Å²) in [6.07, 6.45) is 2.24. The fourth-order valence-corrected chi connectivity index (χ4v) is 15.9. The van der Waals surface area contributed by atoms with Gasteiger partial charge < -0.3 is 56.4 Å². The van der Waals surface area contributed by atoms with Crippen LogP contribution in [-0.4, -0.2) is 167 Å². The molecule has 5 saturated carbocycles. The van der Waals surface area contributed by atoms with Crippen LogP contribution in [-0.2, 0) is 51.2 Å². The number of nitrogens with one attached hydrogen (secondary N) is 6. The zero-order valence-corrected chi connectivity index (χ0v) is 54.0. The van der Waals surface area contributed by atoms with Crippen LogP contribution in [0.2, 0.25) is 0 Å². The Morgan fingerprint density at radius 3 is 2.07 bits per heavy atom. The number of nitrogens with zero attached hydrogens (tertiary/aromatic N) is 3. The number of esters is 1. The number of hydrogen-bond acceptors (Lipinski definition) is 16. The van der Waals surface area contributed by atoms with Crippen molar-refractivity contribution >= 4 is 47.4 Å². The lowest BCUT2D eigenvalue weighted by Crippen LogP contribution is -2.60. The number of methoxy groups -OCH3 is 2. The number of likely N-dealkylation sites (N-methyl/N-ethyl adjacent to an activating group) is 2. The summed E-state index contributed by atoms with van der Waals surface area (Å²) in [4.78, 5) is 108. The lowest BCUT2D eigenvalue weighted by Gasteiger charge is -2.45. The topological polar surface area (TPSA) is 322 Å². The van der Waals surface area contributed by atoms with Crippen LogP contribution in [0.25, 0.3) is 0 Å². The SMILES string of the molecule is CCC1([C@H](N(C)C(=O)[C@@H](NC(=O)C2(N(C)Cc3cccc(NC(=O)ONC(=O)C4(NC(O)[C@@H](N)C(C)C)CC4CCNC(N)=O)c3)C(C)C2C)C(C)C)C2(CC(=O)N3CCC4CC43[C@H](OC)[C@@H](C)C(O)N[C@@H](Cc3ccccc3)C(=O)OC)CC2C)CC1. The summed E-state index contributed by atoms with van der Waals surface area (Å²) in [5.41, 5.74) is 12.0. The summed E-state index contributed by atoms with van der Waals surface area (Å²) < 4.78 is 11.4. The molecule has 16 atom stereocenters. The molecule has 0 bridgehead atoms. The average molecular weight is 1230 g/mol. The molecule has 12 N–H and O–H groups in total. The molecular weight excluding hydrogens is 1130 g/mol. The first kappa shape index (κ1) is 68.0. The fourth-order valence-electron chi connectivity index (χ4n) is 15.9. The van der Waals surface area contributed by atoms with E-state index in [2.05, 4.69) is 45.9 Å². The van der Waals surface area contributed by atoms with Gasteiger partial charge in [-0.15, -0.1) is 0 Å². The number of ether oxygens (including phenoxy) is 2. The number of carbonyl (C=O) groups is 7. The quantitative estimate of drug-likeness (QED) is 0.0285. The molecule has 8 rings (SSSR count). The number of rotatable bonds is 31. The Bertz CT molecular complexity index is 2850. The van der Waals surface area contributed by atoms with E-state index in [-0.39, 0.29) is 90.0 Å². The number of fused-ring (bicyclic) bond motifs is 1. The van der Waals surface area contributed by atoms with Crippen molar-refractivity contribution in [2.45, 2.75) is 192 Å². The van der Waals surface area contributed by atoms with E-state index < -0.39 is 88.6 Å². The van der Waals surface area contributed by atoms with Gasteiger partial charge in [0.05, 0.1) is 18.8 Å². The minimum Gasteiger partial charge on any atom is -0.468 e. The van der Waals surface area contributed by atoms with Gasteiger partial charge in [0, 0.05) is 69.3 Å². The Kier molecular flexibility index (Phi) is 20.7. The number of aliphatic hydroxyl groups excluding tert-OH is 2. The number of primary amides is 1. The van der Waals surface area contributed by atoms with Crippen LogP contribution in [0, 0.1) is 58.2 Å². The first-order chi connectivity index (χ1) is 41.5. The molecule has 23 nitrogen and oxygen atoms in total. The summed E-state index contributed by atoms with van der Waals surface area (Å²) in [7, 11) is 6.70. The van der Waals surface area contributed by atoms with Crippen molar-refractivity contribution in [3.05, 3.63) is 65.7 Å². The summed E-state index contributed by atoms with van der Waals surface area (Å²) in [6, 6.07) is 13.2. The third-order valence-corrected chi connectivity index (χ3v) is 21.8. The second-order valence-electron chi connectivity index (χ2n) is 27.7. The number of urea groups is 1. The summed E-state index contributed by atoms with van der Waals surface area (Å²) in [5.74, 6) is -2.71. The first-order valence-corrected chi connectivity index (χ1v) is 31.8. The average Bonchev–Trinajstić information content (AvgIpc) is 1.55. The standard InChI is InChI=1S/C65H101N11O12/c1-14-61(25-26-61)56(62(31-38(62)6)34-48(77)76-28-24-45-33-64(45,76)51(86-12)39(7)52(78)70-47(55(81)87-13)30-42-19-16-15-17-20-42)75(11)54(80)50(37(4)5)71-58(83)65(40(8)41(65)9)74(10)35-43-21-18-22-46(29-43)69-60(85)88-73-57(82)63(72-53(79)49(66)36(2)3)32-44(63)23-27-68-59(67)84/h15-22,29,36-41,44-45,47,49-53,56,70,72,78-79H,14,23-28,30-35,66H2,1-13H3,(H,69,85)(H,71,83)(H,73,82)(H3,67,68,84)/t38?,39-,40?,41?,44?,45?,47+,49+,50+,51-,52?,53?,56+,62?,63?,64?,65?/m1/s1. The maximum Gasteiger partial charge on any atom is 0.436 e. The van der Waals surface area contributed by atoms with Crippen molar-refractivity contribution in [3.8, 4) is 0 Å². The lowest BCUT2D eigenvalue weighted by molar-refractivity contribution is -0.148. The number of anilines is 1. The zero-order valence-electron chi connectivity index (χ0n) is 54.0. The molecule has 6 aliphatic rings. The van der Waals surface area contributed by atoms with Crippen molar-refractivity contribution < 1.29 is 58.1 Å². The van der Waals surface area contributed by atoms with Crippen LogP contribution in [0.3, 0.4) is 0 Å². The molecule has 23 heteroatoms. The van der Waals surface area contributed by atoms with E-state index in [1.54, 1.807) is 25.3 Å². The first-order valence-electron chi connectivity index (χ1n) is 31.8. The number of aliphatic hydroxyl groups is 2. The van der Waals surface area contributed by atoms with Gasteiger partial charge in [-0.1, -0.05) is 105 Å². The van der Waals surface area contributed by atoms with E-state index in [4.69, 9.17) is 25.8 Å². The van der Waals surface area contributed by atoms with E-state index in [0.29, 0.717) is 31.6 Å². The largest absolute Gasteiger partial charge is 0.468 e. The highest BCUT2D eigenvalue weighted by Gasteiger charge is 2.72. The van der Waals surface area contributed by atoms with E-state index in [1.165, 1.54) is 7.11 Å². The van der Waals surface area contributed by atoms with Gasteiger partial charge in [0.25, 0.3) is 5.91 Å². The minimum absolute atomic E-state index is 0.0135. The fraction of sp³-hybridized carbons (Fsp3) is 0.708. The molecule has 1 heterocycles. The molecule has 2 aromatic rings. The number of carbonyl (C=O) groups excluding carboxylic acids is 7. The third-order valence-electron chi connectivity index (χ3n) is 21.8. The second kappa shape index (κ2) is 26.9. The maximum absolute atomic E-state index is 15.4. The summed E-state index contributed by atoms with van der Waals surface area (Å²) in [6.45, 7) is 18.9. The molecule has 0 radical (unpaired) electrons. The number of likely N-dealkylation sites (tertiary alicyclic amines) is 1. The van der Waals surface area contributed by atoms with Crippen LogP contribution >= 0.6 is 0 Å². The molecule has 0 spiro atoms. The maximum atomic E-state index is 15.4. The Labute approximate surface area is 519 Å². The van der Waals surface area contributed by atoms with Gasteiger partial charge in [0.1, 0.15) is 35.6 Å². The normalized spacial score (nSPS) is 29.7. The van der Waals surface area contributed by atoms with Crippen molar-refractivity contribution in [2.24, 2.45) is 69.6 Å². The Hall–Kier alpha value is -5.95. The van der Waals surface area contributed by atoms with Gasteiger partial charge in [-0.3, -0.25) is 44.8 Å². The monoisotopic (exact) mass is 1230 g/mol. The van der Waals surface area contributed by atoms with Crippen LogP contribution in [0.5, 0.6) is 0 Å². The van der Waals surface area contributed by atoms with Crippen LogP contribution in [0.1, 0.15) is 131 Å². The smallest absolute Gasteiger partial charge is 0.436 e. The van der Waals surface area contributed by atoms with Crippen LogP contribution in [0.15, 0.2) is 54.6 Å². The lowest BCUT2D eigenvalue weighted by atomic mass is 9.76. The van der Waals surface area contributed by atoms with Crippen molar-refractivity contribution in [3.63, 3.8) is 0 Å². The molecule has 10 unspecified atom stereocenters. The number of piperidine rings is 1. The van der Waals surface area contributed by atoms with Gasteiger partial charge >= 0.3 is 18.1 Å². The Balaban J connectivity index is 0.917. The van der Waals surface area contributed by atoms with Crippen molar-refractivity contribution in [1.82, 2.24) is 41.4 Å². The third kappa shape index (κ3) is 13.4. The molecule has 1 aliphatic heterocycles. The highest BCUT2D eigenvalue weighted by molar-refractivity contribution is 5.95. The number of hydrogen-bond donors (Lipinski definition) is 10. The van der Waals surface area contributed by atoms with Gasteiger partial charge in [0.15, 0.2) is 0 Å².